The van der Waals surface area contributed by atoms with Crippen LogP contribution in [0.1, 0.15) is 89.5 Å². The first-order valence-corrected chi connectivity index (χ1v) is 24.6. The molecule has 59 heavy (non-hydrogen) atoms. The molecule has 2 aromatic rings. The molecule has 3 N–H and O–H groups in total. The number of benzene rings is 1. The van der Waals surface area contributed by atoms with Crippen LogP contribution in [0.4, 0.5) is 4.79 Å². The van der Waals surface area contributed by atoms with Gasteiger partial charge in [-0.15, -0.1) is 0 Å². The van der Waals surface area contributed by atoms with Gasteiger partial charge in [0.25, 0.3) is 0 Å². The molecule has 3 saturated carbocycles. The Labute approximate surface area is 354 Å². The van der Waals surface area contributed by atoms with Crippen molar-refractivity contribution in [1.29, 1.82) is 0 Å². The summed E-state index contributed by atoms with van der Waals surface area (Å²) in [6, 6.07) is 5.10. The Morgan fingerprint density at radius 3 is 2.51 bits per heavy atom. The summed E-state index contributed by atoms with van der Waals surface area (Å²) in [5, 5.41) is 5.79. The molecule has 1 aromatic heterocycles. The van der Waals surface area contributed by atoms with E-state index in [-0.39, 0.29) is 36.8 Å². The third-order valence-electron chi connectivity index (χ3n) is 12.4. The molecule has 15 nitrogen and oxygen atoms in total. The topological polar surface area (TPSA) is 199 Å². The maximum absolute atomic E-state index is 14.9. The van der Waals surface area contributed by atoms with Crippen LogP contribution < -0.4 is 46.0 Å². The zero-order valence-electron chi connectivity index (χ0n) is 33.0. The summed E-state index contributed by atoms with van der Waals surface area (Å²) >= 11 is -1.08. The third-order valence-corrected chi connectivity index (χ3v) is 18.1. The predicted molar refractivity (Wildman–Crippen MR) is 211 cm³/mol. The Morgan fingerprint density at radius 1 is 1.02 bits per heavy atom. The number of pyridine rings is 1. The van der Waals surface area contributed by atoms with Gasteiger partial charge >= 0.3 is 312 Å². The van der Waals surface area contributed by atoms with E-state index in [4.69, 9.17) is 19.2 Å². The fraction of sp³-hybridized carbons (Fsp3) is 0.571. The van der Waals surface area contributed by atoms with E-state index in [0.29, 0.717) is 54.3 Å². The number of ether oxygens (including phenoxy) is 3. The van der Waals surface area contributed by atoms with Gasteiger partial charge < -0.3 is 0 Å². The van der Waals surface area contributed by atoms with Gasteiger partial charge in [-0.05, 0) is 25.7 Å². The van der Waals surface area contributed by atoms with Gasteiger partial charge in [-0.1, -0.05) is 6.07 Å². The van der Waals surface area contributed by atoms with Crippen molar-refractivity contribution in [2.75, 3.05) is 6.54 Å². The Hall–Kier alpha value is -4.26. The van der Waals surface area contributed by atoms with Crippen molar-refractivity contribution in [3.8, 4) is 11.6 Å². The summed E-state index contributed by atoms with van der Waals surface area (Å²) in [6.45, 7) is 5.10. The summed E-state index contributed by atoms with van der Waals surface area (Å²) in [7, 11) is -3.91. The summed E-state index contributed by atoms with van der Waals surface area (Å²) in [4.78, 5) is 75.7. The Bertz CT molecular complexity index is 2170. The number of allylic oxidation sites excluding steroid dienone is 2. The SMILES string of the molecule is C=C[C@@H]1[I-][C@]1(NC(=O)[C@@H]1C[C@@H]2CN1C(=O)[C@H](C1CCCC1)NC(=O)O[C@@H]1CCC[C@H]1CC/C=C/Cc1c(nc3ccccc3c1OC(C)=O)O2)C(=O)NS(=O)(=O)C1CC1. The number of nitrogens with one attached hydrogen (secondary N) is 3. The number of alkyl carbamates (subject to hydrolysis) is 1. The number of halogens is 1. The number of carbonyl (C=O) groups excluding carboxylic acids is 5. The van der Waals surface area contributed by atoms with E-state index in [1.807, 2.05) is 24.3 Å². The quantitative estimate of drug-likeness (QED) is 0.112. The second-order valence-corrected chi connectivity index (χ2v) is 22.1. The van der Waals surface area contributed by atoms with Crippen molar-refractivity contribution in [2.45, 2.75) is 127 Å². The van der Waals surface area contributed by atoms with Crippen LogP contribution in [0.2, 0.25) is 0 Å². The molecule has 5 fully saturated rings. The molecule has 0 radical (unpaired) electrons. The molecule has 2 saturated heterocycles. The van der Waals surface area contributed by atoms with Crippen LogP contribution >= 0.6 is 0 Å². The molecule has 7 atom stereocenters. The second kappa shape index (κ2) is 17.0. The van der Waals surface area contributed by atoms with Gasteiger partial charge in [0.2, 0.25) is 0 Å². The molecule has 17 heteroatoms. The number of para-hydroxylation sites is 1. The number of amides is 4. The van der Waals surface area contributed by atoms with Crippen LogP contribution in [0.25, 0.3) is 10.9 Å². The Balaban J connectivity index is 1.17. The van der Waals surface area contributed by atoms with E-state index < -0.39 is 91.9 Å². The fourth-order valence-corrected chi connectivity index (χ4v) is 13.3. The molecule has 0 unspecified atom stereocenters. The molecular formula is C42H51IN5O10S-. The Kier molecular flexibility index (Phi) is 12.0. The summed E-state index contributed by atoms with van der Waals surface area (Å²) in [6.07, 6.45) is 12.3. The molecule has 6 aliphatic rings. The van der Waals surface area contributed by atoms with Crippen molar-refractivity contribution in [3.63, 3.8) is 0 Å². The molecule has 0 spiro atoms. The number of aromatic nitrogens is 1. The van der Waals surface area contributed by atoms with E-state index in [1.54, 1.807) is 12.1 Å². The maximum atomic E-state index is 14.9. The van der Waals surface area contributed by atoms with E-state index in [9.17, 15) is 32.4 Å². The van der Waals surface area contributed by atoms with Gasteiger partial charge in [-0.3, -0.25) is 4.79 Å². The van der Waals surface area contributed by atoms with Crippen molar-refractivity contribution in [3.05, 3.63) is 54.6 Å². The number of sulfonamides is 1. The molecule has 4 amide bonds. The molecular weight excluding hydrogens is 893 g/mol. The zero-order chi connectivity index (χ0) is 41.5. The van der Waals surface area contributed by atoms with E-state index in [1.165, 1.54) is 11.8 Å². The molecule has 4 heterocycles. The van der Waals surface area contributed by atoms with Crippen LogP contribution in [-0.2, 0) is 40.4 Å². The number of esters is 1. The molecule has 3 aliphatic carbocycles. The van der Waals surface area contributed by atoms with Crippen LogP contribution in [0.5, 0.6) is 11.6 Å². The number of fused-ring (bicyclic) bond motifs is 5. The third kappa shape index (κ3) is 8.82. The number of hydrogen-bond donors (Lipinski definition) is 3. The monoisotopic (exact) mass is 944 g/mol. The van der Waals surface area contributed by atoms with E-state index in [0.717, 1.165) is 44.9 Å². The molecule has 1 aromatic carbocycles. The number of carbonyl (C=O) groups is 5. The Morgan fingerprint density at radius 2 is 1.78 bits per heavy atom. The van der Waals surface area contributed by atoms with Gasteiger partial charge in [0.15, 0.2) is 0 Å². The van der Waals surface area contributed by atoms with Crippen LogP contribution in [0.15, 0.2) is 49.1 Å². The average molecular weight is 945 g/mol. The normalized spacial score (nSPS) is 30.8. The molecule has 8 rings (SSSR count). The van der Waals surface area contributed by atoms with Crippen LogP contribution in [-0.4, -0.2) is 91.6 Å². The predicted octanol–water partition coefficient (Wildman–Crippen LogP) is 0.933. The summed E-state index contributed by atoms with van der Waals surface area (Å²) in [5.74, 6) is -1.98. The van der Waals surface area contributed by atoms with Crippen molar-refractivity contribution >= 4 is 50.7 Å². The molecule has 318 valence electrons. The number of alkyl halides is 2. The summed E-state index contributed by atoms with van der Waals surface area (Å²) in [5.41, 5.74) is 1.05. The van der Waals surface area contributed by atoms with E-state index >= 15 is 0 Å². The first-order chi connectivity index (χ1) is 28.4. The van der Waals surface area contributed by atoms with Crippen molar-refractivity contribution in [2.24, 2.45) is 11.8 Å². The average Bonchev–Trinajstić information content (AvgIpc) is 3.99. The zero-order valence-corrected chi connectivity index (χ0v) is 36.0. The first-order valence-electron chi connectivity index (χ1n) is 20.7. The van der Waals surface area contributed by atoms with Crippen molar-refractivity contribution < 1.29 is 67.8 Å². The fourth-order valence-electron chi connectivity index (χ4n) is 9.15. The van der Waals surface area contributed by atoms with Gasteiger partial charge in [-0.25, -0.2) is 0 Å². The van der Waals surface area contributed by atoms with Gasteiger partial charge in [0, 0.05) is 6.92 Å². The number of nitrogens with zero attached hydrogens (tertiary/aromatic N) is 2. The van der Waals surface area contributed by atoms with Gasteiger partial charge in [-0.2, -0.15) is 0 Å². The van der Waals surface area contributed by atoms with E-state index in [2.05, 4.69) is 28.0 Å². The van der Waals surface area contributed by atoms with Crippen LogP contribution in [0.3, 0.4) is 0 Å². The first kappa shape index (κ1) is 41.5. The van der Waals surface area contributed by atoms with Gasteiger partial charge in [0.05, 0.1) is 0 Å². The molecule has 2 bridgehead atoms. The standard InChI is InChI=1S/C42H51IN5O10S/c1-3-34-42(43-34,40(52)47-59(54,55)28-20-21-28)46-37(50)32-22-27-23-48(32)39(51)35(26-13-7-8-14-26)45-41(53)58-33-19-11-15-25(33)12-5-4-6-17-30-36(56-24(2)49)29-16-9-10-18-31(29)44-38(30)57-27/h3-4,6,9-10,16,18,25-28,32-35H,1,5,7-8,11-15,17,19-23H2,2H3,(H,45,53)(H,46,50)(H,47,52)/q-1/b6-4+/t25-,27-,32+,33-,34+,35+,42-/m1/s1. The second-order valence-electron chi connectivity index (χ2n) is 16.5. The van der Waals surface area contributed by atoms with Crippen LogP contribution in [0, 0.1) is 11.8 Å². The van der Waals surface area contributed by atoms with Gasteiger partial charge in [0.1, 0.15) is 0 Å². The number of rotatable bonds is 8. The minimum absolute atomic E-state index is 0.00894. The minimum atomic E-state index is -3.91. The summed E-state index contributed by atoms with van der Waals surface area (Å²) < 4.78 is 44.5. The number of hydrogen-bond acceptors (Lipinski definition) is 11. The van der Waals surface area contributed by atoms with Crippen molar-refractivity contribution in [1.82, 2.24) is 25.2 Å². The molecule has 3 aliphatic heterocycles.